The number of nitrogens with one attached hydrogen (secondary N) is 3. The second-order valence-electron chi connectivity index (χ2n) is 22.7. The molecule has 0 radical (unpaired) electrons. The van der Waals surface area contributed by atoms with Crippen molar-refractivity contribution in [3.05, 3.63) is 94.8 Å². The summed E-state index contributed by atoms with van der Waals surface area (Å²) in [6.07, 6.45) is 16.2. The normalized spacial score (nSPS) is 32.4. The van der Waals surface area contributed by atoms with E-state index in [0.717, 1.165) is 71.9 Å². The molecule has 10 rings (SSSR count). The lowest BCUT2D eigenvalue weighted by Crippen LogP contribution is -2.64. The zero-order chi connectivity index (χ0) is 48.6. The van der Waals surface area contributed by atoms with Crippen molar-refractivity contribution in [3.8, 4) is 23.3 Å². The summed E-state index contributed by atoms with van der Waals surface area (Å²) in [6, 6.07) is 18.7. The maximum Gasteiger partial charge on any atom is 0.160 e. The van der Waals surface area contributed by atoms with E-state index in [1.807, 2.05) is 24.3 Å². The van der Waals surface area contributed by atoms with Crippen molar-refractivity contribution in [1.82, 2.24) is 16.0 Å². The van der Waals surface area contributed by atoms with Crippen LogP contribution < -0.4 is 26.4 Å². The van der Waals surface area contributed by atoms with Crippen molar-refractivity contribution >= 4 is 22.3 Å². The summed E-state index contributed by atoms with van der Waals surface area (Å²) in [5.41, 5.74) is 9.23. The second-order valence-corrected chi connectivity index (χ2v) is 22.7. The summed E-state index contributed by atoms with van der Waals surface area (Å²) < 4.78 is 5.59. The van der Waals surface area contributed by atoms with Gasteiger partial charge in [0.15, 0.2) is 17.3 Å². The van der Waals surface area contributed by atoms with E-state index in [2.05, 4.69) is 71.1 Å². The number of ether oxygens (including phenoxy) is 1. The number of allylic oxidation sites excluding steroid dienone is 2. The molecule has 5 fully saturated rings. The maximum atomic E-state index is 14.9. The molecule has 0 aromatic heterocycles. The summed E-state index contributed by atoms with van der Waals surface area (Å²) in [5.74, 6) is 11.0. The van der Waals surface area contributed by atoms with Gasteiger partial charge in [-0.15, -0.1) is 0 Å². The van der Waals surface area contributed by atoms with Crippen LogP contribution in [-0.2, 0) is 16.0 Å². The number of carbonyl (C=O) groups excluding carboxylic acids is 2. The van der Waals surface area contributed by atoms with Gasteiger partial charge >= 0.3 is 0 Å². The van der Waals surface area contributed by atoms with Crippen molar-refractivity contribution in [2.75, 3.05) is 33.3 Å². The van der Waals surface area contributed by atoms with Crippen LogP contribution >= 0.6 is 0 Å². The van der Waals surface area contributed by atoms with E-state index in [-0.39, 0.29) is 35.2 Å². The number of carbonyl (C=O) groups is 2. The number of aryl methyl sites for hydroxylation is 1. The fraction of sp³-hybridized carbons (Fsp3) is 0.600. The summed E-state index contributed by atoms with van der Waals surface area (Å²) in [7, 11) is 1.54. The number of ketones is 2. The number of benzene rings is 3. The number of methoxy groups -OCH3 is 1. The summed E-state index contributed by atoms with van der Waals surface area (Å²) in [6.45, 7) is 5.81. The first kappa shape index (κ1) is 48.9. The zero-order valence-corrected chi connectivity index (χ0v) is 41.7. The van der Waals surface area contributed by atoms with E-state index in [9.17, 15) is 24.9 Å². The van der Waals surface area contributed by atoms with Crippen LogP contribution in [0.5, 0.6) is 11.5 Å². The number of phenols is 1. The van der Waals surface area contributed by atoms with Crippen LogP contribution in [0.4, 0.5) is 0 Å². The fourth-order valence-electron chi connectivity index (χ4n) is 15.8. The highest BCUT2D eigenvalue weighted by molar-refractivity contribution is 5.89. The fourth-order valence-corrected chi connectivity index (χ4v) is 15.8. The molecule has 70 heavy (non-hydrogen) atoms. The van der Waals surface area contributed by atoms with E-state index in [1.54, 1.807) is 6.07 Å². The minimum Gasteiger partial charge on any atom is -0.504 e. The SMILES string of the molecule is CCCNCC1CC2C3CCC(=O)CC3NCC2C2(CCCC2)C1C1CCC2(C#CC(CCC(O)CC(C3=CCNC(N)=C3)c3ccc4ccccc4c3)c3cc(O)c(OC)cc3CCC2=O)C(O)C1. The van der Waals surface area contributed by atoms with Gasteiger partial charge < -0.3 is 41.7 Å². The Bertz CT molecular complexity index is 2540. The Kier molecular flexibility index (Phi) is 14.6. The number of hydrogen-bond donors (Lipinski definition) is 7. The monoisotopic (exact) mass is 951 g/mol. The molecule has 2 aliphatic heterocycles. The Labute approximate surface area is 416 Å². The van der Waals surface area contributed by atoms with Gasteiger partial charge in [0, 0.05) is 43.7 Å². The van der Waals surface area contributed by atoms with Crippen molar-refractivity contribution < 1.29 is 29.6 Å². The lowest BCUT2D eigenvalue weighted by atomic mass is 9.44. The first-order valence-electron chi connectivity index (χ1n) is 27.2. The van der Waals surface area contributed by atoms with Crippen LogP contribution in [0.1, 0.15) is 138 Å². The Morgan fingerprint density at radius 1 is 0.986 bits per heavy atom. The molecule has 2 heterocycles. The first-order chi connectivity index (χ1) is 34.0. The Hall–Kier alpha value is -4.66. The molecule has 8 N–H and O–H groups in total. The molecule has 7 aliphatic rings. The average molecular weight is 951 g/mol. The highest BCUT2D eigenvalue weighted by Gasteiger charge is 2.62. The smallest absolute Gasteiger partial charge is 0.160 e. The minimum absolute atomic E-state index is 0.000228. The lowest BCUT2D eigenvalue weighted by Gasteiger charge is -2.63. The quantitative estimate of drug-likeness (QED) is 0.0651. The number of fused-ring (bicyclic) bond motifs is 6. The number of rotatable bonds is 13. The zero-order valence-electron chi connectivity index (χ0n) is 41.7. The number of aliphatic hydroxyl groups excluding tert-OH is 2. The predicted molar refractivity (Wildman–Crippen MR) is 276 cm³/mol. The highest BCUT2D eigenvalue weighted by atomic mass is 16.5. The number of hydrogen-bond acceptors (Lipinski definition) is 10. The van der Waals surface area contributed by atoms with Gasteiger partial charge in [-0.3, -0.25) is 9.59 Å². The van der Waals surface area contributed by atoms with Crippen molar-refractivity contribution in [2.45, 2.75) is 146 Å². The molecule has 3 aromatic rings. The van der Waals surface area contributed by atoms with Gasteiger partial charge in [0.2, 0.25) is 0 Å². The molecule has 1 saturated heterocycles. The highest BCUT2D eigenvalue weighted by Crippen LogP contribution is 2.66. The van der Waals surface area contributed by atoms with E-state index < -0.39 is 23.5 Å². The van der Waals surface area contributed by atoms with Crippen LogP contribution in [0.25, 0.3) is 10.8 Å². The van der Waals surface area contributed by atoms with E-state index in [0.29, 0.717) is 111 Å². The molecular weight excluding hydrogens is 873 g/mol. The number of aliphatic hydroxyl groups is 2. The van der Waals surface area contributed by atoms with Gasteiger partial charge in [-0.1, -0.05) is 80.1 Å². The van der Waals surface area contributed by atoms with Crippen LogP contribution in [0.2, 0.25) is 0 Å². The Balaban J connectivity index is 0.931. The molecule has 4 saturated carbocycles. The topological polar surface area (TPSA) is 166 Å². The molecule has 0 bridgehead atoms. The number of dihydropyridines is 1. The van der Waals surface area contributed by atoms with Gasteiger partial charge in [0.25, 0.3) is 0 Å². The number of phenolic OH excluding ortho intramolecular Hbond substituents is 1. The predicted octanol–water partition coefficient (Wildman–Crippen LogP) is 8.72. The third kappa shape index (κ3) is 9.46. The standard InChI is InChI=1S/C60H78N4O6/c1-3-25-62-35-44-28-50-47-16-15-46(66)33-52(47)64-36-51(50)59(21-6-7-22-59)58(44)43-19-24-60(56(69)30-43)23-18-38(49-34-53(67)54(70-2)29-41(49)13-17-55(60)68)12-14-45(65)32-48(42-20-26-63-57(61)31-42)40-11-10-37-8-4-5-9-39(37)27-40/h4-5,8-11,20,27,29,31,34,38,43-45,47-48,50-52,56,58,62-65,67,69H,3,6-7,12-17,19,21-22,24-26,28,30,32-33,35-36,61H2,1-2H3. The largest absolute Gasteiger partial charge is 0.504 e. The van der Waals surface area contributed by atoms with E-state index in [4.69, 9.17) is 10.5 Å². The van der Waals surface area contributed by atoms with Gasteiger partial charge in [-0.25, -0.2) is 0 Å². The maximum absolute atomic E-state index is 14.9. The lowest BCUT2D eigenvalue weighted by molar-refractivity contribution is -0.149. The number of Topliss-reactive ketones (excluding diaryl/α,β-unsaturated/α-hetero) is 2. The average Bonchev–Trinajstić information content (AvgIpc) is 3.86. The van der Waals surface area contributed by atoms with Crippen LogP contribution in [0.3, 0.4) is 0 Å². The molecule has 12 unspecified atom stereocenters. The summed E-state index contributed by atoms with van der Waals surface area (Å²) in [4.78, 5) is 27.6. The van der Waals surface area contributed by atoms with Gasteiger partial charge in [-0.2, -0.15) is 0 Å². The Morgan fingerprint density at radius 2 is 1.81 bits per heavy atom. The van der Waals surface area contributed by atoms with Gasteiger partial charge in [0.05, 0.1) is 25.1 Å². The molecule has 10 nitrogen and oxygen atoms in total. The first-order valence-corrected chi connectivity index (χ1v) is 27.2. The van der Waals surface area contributed by atoms with Crippen molar-refractivity contribution in [1.29, 1.82) is 0 Å². The van der Waals surface area contributed by atoms with Gasteiger partial charge in [-0.05, 0) is 189 Å². The van der Waals surface area contributed by atoms with Crippen LogP contribution in [0.15, 0.2) is 78.1 Å². The van der Waals surface area contributed by atoms with Gasteiger partial charge in [0.1, 0.15) is 11.2 Å². The number of aromatic hydroxyl groups is 1. The summed E-state index contributed by atoms with van der Waals surface area (Å²) >= 11 is 0. The number of piperidine rings is 1. The molecule has 10 heteroatoms. The molecular formula is C60H78N4O6. The minimum atomic E-state index is -1.19. The van der Waals surface area contributed by atoms with Crippen LogP contribution in [-0.4, -0.2) is 78.4 Å². The molecule has 2 spiro atoms. The third-order valence-corrected chi connectivity index (χ3v) is 19.0. The van der Waals surface area contributed by atoms with Crippen LogP contribution in [0, 0.1) is 58.2 Å². The second kappa shape index (κ2) is 20.8. The number of nitrogens with two attached hydrogens (primary N) is 1. The molecule has 12 atom stereocenters. The molecule has 374 valence electrons. The molecule has 3 aromatic carbocycles. The van der Waals surface area contributed by atoms with E-state index >= 15 is 0 Å². The molecule has 0 amide bonds. The van der Waals surface area contributed by atoms with Crippen molar-refractivity contribution in [3.63, 3.8) is 0 Å². The van der Waals surface area contributed by atoms with E-state index in [1.165, 1.54) is 39.2 Å². The Morgan fingerprint density at radius 3 is 2.60 bits per heavy atom. The van der Waals surface area contributed by atoms with Crippen molar-refractivity contribution in [2.24, 2.45) is 52.1 Å². The molecule has 5 aliphatic carbocycles. The summed E-state index contributed by atoms with van der Waals surface area (Å²) in [5, 5.41) is 49.4. The third-order valence-electron chi connectivity index (χ3n) is 19.0.